The predicted molar refractivity (Wildman–Crippen MR) is 157 cm³/mol. The Morgan fingerprint density at radius 2 is 1.60 bits per heavy atom. The minimum absolute atomic E-state index is 0.0862. The number of methoxy groups -OCH3 is 1. The Bertz CT molecular complexity index is 1430. The Hall–Kier alpha value is -3.32. The normalized spacial score (nSPS) is 17.1. The molecule has 3 aromatic carbocycles. The molecule has 0 unspecified atom stereocenters. The first kappa shape index (κ1) is 28.2. The fourth-order valence-corrected chi connectivity index (χ4v) is 7.20. The second-order valence-corrected chi connectivity index (χ2v) is 13.4. The smallest absolute Gasteiger partial charge is 0.306 e. The summed E-state index contributed by atoms with van der Waals surface area (Å²) in [6, 6.07) is 20.9. The van der Waals surface area contributed by atoms with E-state index in [1.807, 2.05) is 37.3 Å². The number of esters is 1. The van der Waals surface area contributed by atoms with Crippen LogP contribution in [0, 0.1) is 5.92 Å². The summed E-state index contributed by atoms with van der Waals surface area (Å²) in [5, 5.41) is 0. The Labute approximate surface area is 237 Å². The number of benzene rings is 3. The van der Waals surface area contributed by atoms with Gasteiger partial charge in [-0.3, -0.25) is 4.79 Å². The lowest BCUT2D eigenvalue weighted by molar-refractivity contribution is -0.140. The van der Waals surface area contributed by atoms with Gasteiger partial charge in [0.2, 0.25) is 0 Å². The van der Waals surface area contributed by atoms with Crippen LogP contribution in [-0.2, 0) is 38.8 Å². The highest BCUT2D eigenvalue weighted by Gasteiger charge is 2.24. The van der Waals surface area contributed by atoms with Crippen molar-refractivity contribution in [2.24, 2.45) is 5.92 Å². The molecule has 0 radical (unpaired) electrons. The summed E-state index contributed by atoms with van der Waals surface area (Å²) in [4.78, 5) is 11.6. The van der Waals surface area contributed by atoms with Gasteiger partial charge in [0.25, 0.3) is 0 Å². The molecule has 1 fully saturated rings. The van der Waals surface area contributed by atoms with Gasteiger partial charge in [-0.25, -0.2) is 8.42 Å². The largest absolute Gasteiger partial charge is 0.493 e. The van der Waals surface area contributed by atoms with Crippen molar-refractivity contribution < 1.29 is 27.4 Å². The van der Waals surface area contributed by atoms with Crippen LogP contribution in [0.15, 0.2) is 60.7 Å². The van der Waals surface area contributed by atoms with Gasteiger partial charge in [0.15, 0.2) is 0 Å². The summed E-state index contributed by atoms with van der Waals surface area (Å²) in [5.41, 5.74) is 7.33. The van der Waals surface area contributed by atoms with Crippen LogP contribution in [0.3, 0.4) is 0 Å². The molecule has 1 heterocycles. The second kappa shape index (κ2) is 12.5. The number of hydrogen-bond donors (Lipinski definition) is 0. The fraction of sp³-hybridized carbons (Fsp3) is 0.424. The lowest BCUT2D eigenvalue weighted by Crippen LogP contribution is -2.26. The maximum Gasteiger partial charge on any atom is 0.306 e. The van der Waals surface area contributed by atoms with Crippen LogP contribution in [0.2, 0.25) is 0 Å². The Balaban J connectivity index is 1.23. The van der Waals surface area contributed by atoms with Gasteiger partial charge in [-0.05, 0) is 108 Å². The average Bonchev–Trinajstić information content (AvgIpc) is 3.14. The van der Waals surface area contributed by atoms with E-state index in [1.54, 1.807) is 0 Å². The molecule has 0 amide bonds. The van der Waals surface area contributed by atoms with Crippen molar-refractivity contribution in [2.75, 3.05) is 25.2 Å². The highest BCUT2D eigenvalue weighted by molar-refractivity contribution is 7.91. The minimum Gasteiger partial charge on any atom is -0.493 e. The number of carbonyl (C=O) groups excluding carboxylic acids is 1. The standard InChI is InChI=1S/C33H38O6S/c1-23(18-33(34)37-2)26-8-10-29(11-9-26)38-22-25-6-7-27-4-3-5-28-20-30(12-13-31(28)32(27)19-25)39-21-24-14-16-40(35,36)17-15-24/h6-13,19-20,23-24H,3-5,14-18,21-22H2,1-2H3/t23-/m1/s1. The minimum atomic E-state index is -2.86. The van der Waals surface area contributed by atoms with Gasteiger partial charge in [-0.2, -0.15) is 0 Å². The molecule has 0 bridgehead atoms. The number of carbonyl (C=O) groups is 1. The molecule has 212 valence electrons. The van der Waals surface area contributed by atoms with E-state index in [0.29, 0.717) is 38.4 Å². The molecule has 3 aromatic rings. The molecular formula is C33H38O6S. The topological polar surface area (TPSA) is 78.9 Å². The van der Waals surface area contributed by atoms with Gasteiger partial charge in [0, 0.05) is 0 Å². The molecule has 6 nitrogen and oxygen atoms in total. The number of fused-ring (bicyclic) bond motifs is 3. The first-order valence-electron chi connectivity index (χ1n) is 14.2. The van der Waals surface area contributed by atoms with E-state index >= 15 is 0 Å². The molecule has 1 aliphatic carbocycles. The predicted octanol–water partition coefficient (Wildman–Crippen LogP) is 6.29. The molecule has 1 atom stereocenters. The monoisotopic (exact) mass is 562 g/mol. The summed E-state index contributed by atoms with van der Waals surface area (Å²) in [7, 11) is -1.44. The molecule has 0 saturated carbocycles. The zero-order valence-corrected chi connectivity index (χ0v) is 24.2. The van der Waals surface area contributed by atoms with E-state index in [1.165, 1.54) is 29.4 Å². The average molecular weight is 563 g/mol. The van der Waals surface area contributed by atoms with Crippen LogP contribution in [-0.4, -0.2) is 39.6 Å². The van der Waals surface area contributed by atoms with E-state index in [2.05, 4.69) is 30.3 Å². The van der Waals surface area contributed by atoms with Crippen LogP contribution in [0.4, 0.5) is 0 Å². The molecule has 0 N–H and O–H groups in total. The number of ether oxygens (including phenoxy) is 3. The van der Waals surface area contributed by atoms with Crippen molar-refractivity contribution in [3.63, 3.8) is 0 Å². The molecule has 1 saturated heterocycles. The third kappa shape index (κ3) is 7.05. The quantitative estimate of drug-likeness (QED) is 0.285. The number of rotatable bonds is 9. The van der Waals surface area contributed by atoms with Gasteiger partial charge < -0.3 is 14.2 Å². The Morgan fingerprint density at radius 3 is 2.35 bits per heavy atom. The molecular weight excluding hydrogens is 524 g/mol. The third-order valence-electron chi connectivity index (χ3n) is 8.15. The van der Waals surface area contributed by atoms with Crippen molar-refractivity contribution in [1.29, 1.82) is 0 Å². The SMILES string of the molecule is COC(=O)C[C@@H](C)c1ccc(OCc2ccc3c(c2)-c2ccc(OCC4CCS(=O)(=O)CC4)cc2CCC3)cc1. The summed E-state index contributed by atoms with van der Waals surface area (Å²) in [6.07, 6.45) is 4.83. The first-order chi connectivity index (χ1) is 19.3. The maximum absolute atomic E-state index is 11.7. The molecule has 0 aromatic heterocycles. The number of sulfone groups is 1. The van der Waals surface area contributed by atoms with Crippen LogP contribution in [0.1, 0.15) is 60.8 Å². The summed E-state index contributed by atoms with van der Waals surface area (Å²) >= 11 is 0. The van der Waals surface area contributed by atoms with Crippen molar-refractivity contribution in [2.45, 2.75) is 58.0 Å². The highest BCUT2D eigenvalue weighted by Crippen LogP contribution is 2.36. The first-order valence-corrected chi connectivity index (χ1v) is 16.0. The highest BCUT2D eigenvalue weighted by atomic mass is 32.2. The molecule has 5 rings (SSSR count). The van der Waals surface area contributed by atoms with Gasteiger partial charge >= 0.3 is 5.97 Å². The van der Waals surface area contributed by atoms with Crippen LogP contribution in [0.5, 0.6) is 11.5 Å². The maximum atomic E-state index is 11.7. The van der Waals surface area contributed by atoms with Gasteiger partial charge in [-0.15, -0.1) is 0 Å². The van der Waals surface area contributed by atoms with Gasteiger partial charge in [0.05, 0.1) is 31.6 Å². The Kier molecular flexibility index (Phi) is 8.79. The van der Waals surface area contributed by atoms with E-state index in [4.69, 9.17) is 14.2 Å². The third-order valence-corrected chi connectivity index (χ3v) is 9.86. The molecule has 7 heteroatoms. The summed E-state index contributed by atoms with van der Waals surface area (Å²) < 4.78 is 40.4. The van der Waals surface area contributed by atoms with Crippen molar-refractivity contribution in [1.82, 2.24) is 0 Å². The Morgan fingerprint density at radius 1 is 0.875 bits per heavy atom. The molecule has 2 aliphatic rings. The zero-order valence-electron chi connectivity index (χ0n) is 23.4. The van der Waals surface area contributed by atoms with Crippen LogP contribution in [0.25, 0.3) is 11.1 Å². The van der Waals surface area contributed by atoms with Crippen LogP contribution >= 0.6 is 0 Å². The number of hydrogen-bond acceptors (Lipinski definition) is 6. The van der Waals surface area contributed by atoms with E-state index in [-0.39, 0.29) is 23.4 Å². The van der Waals surface area contributed by atoms with E-state index in [0.717, 1.165) is 41.9 Å². The fourth-order valence-electron chi connectivity index (χ4n) is 5.61. The van der Waals surface area contributed by atoms with Crippen LogP contribution < -0.4 is 9.47 Å². The zero-order chi connectivity index (χ0) is 28.1. The van der Waals surface area contributed by atoms with E-state index in [9.17, 15) is 13.2 Å². The summed E-state index contributed by atoms with van der Waals surface area (Å²) in [5.74, 6) is 2.38. The molecule has 40 heavy (non-hydrogen) atoms. The summed E-state index contributed by atoms with van der Waals surface area (Å²) in [6.45, 7) is 3.05. The lowest BCUT2D eigenvalue weighted by atomic mass is 9.95. The second-order valence-electron chi connectivity index (χ2n) is 11.1. The molecule has 1 aliphatic heterocycles. The molecule has 0 spiro atoms. The van der Waals surface area contributed by atoms with Crippen molar-refractivity contribution >= 4 is 15.8 Å². The van der Waals surface area contributed by atoms with Crippen molar-refractivity contribution in [3.8, 4) is 22.6 Å². The van der Waals surface area contributed by atoms with Crippen molar-refractivity contribution in [3.05, 3.63) is 82.9 Å². The van der Waals surface area contributed by atoms with Gasteiger partial charge in [-0.1, -0.05) is 37.3 Å². The van der Waals surface area contributed by atoms with E-state index < -0.39 is 9.84 Å². The lowest BCUT2D eigenvalue weighted by Gasteiger charge is -2.22. The van der Waals surface area contributed by atoms with Gasteiger partial charge in [0.1, 0.15) is 27.9 Å². The number of aryl methyl sites for hydroxylation is 2.